The molecule has 2 saturated heterocycles. The summed E-state index contributed by atoms with van der Waals surface area (Å²) in [5.41, 5.74) is 0. The number of rotatable bonds is 0. The lowest BCUT2D eigenvalue weighted by Crippen LogP contribution is -2.33. The zero-order valence-corrected chi connectivity index (χ0v) is 23.3. The van der Waals surface area contributed by atoms with E-state index in [2.05, 4.69) is 98.4 Å². The maximum Gasteiger partial charge on any atom is 0.227 e. The van der Waals surface area contributed by atoms with E-state index in [1.54, 1.807) is 0 Å². The van der Waals surface area contributed by atoms with Gasteiger partial charge in [0.1, 0.15) is 19.0 Å². The number of aromatic nitrogens is 3. The Balaban J connectivity index is 0.000000179. The zero-order valence-electron chi connectivity index (χ0n) is 23.3. The van der Waals surface area contributed by atoms with Crippen molar-refractivity contribution in [3.8, 4) is 0 Å². The van der Waals surface area contributed by atoms with Crippen LogP contribution in [0.5, 0.6) is 0 Å². The van der Waals surface area contributed by atoms with Gasteiger partial charge in [0.2, 0.25) is 23.6 Å². The molecule has 1 aliphatic carbocycles. The van der Waals surface area contributed by atoms with Crippen molar-refractivity contribution in [2.45, 2.75) is 38.5 Å². The zero-order chi connectivity index (χ0) is 30.1. The molecule has 0 atom stereocenters. The number of hydrogen-bond donors (Lipinski definition) is 2. The maximum atomic E-state index is 10.3. The highest BCUT2D eigenvalue weighted by Gasteiger charge is 2.15. The monoisotopic (exact) mass is 565 g/mol. The second-order valence-electron chi connectivity index (χ2n) is 8.68. The number of fused-ring (bicyclic) bond motifs is 1. The number of nitrogens with zero attached hydrogens (tertiary/aromatic N) is 3. The van der Waals surface area contributed by atoms with Gasteiger partial charge in [0.05, 0.1) is 0 Å². The molecule has 1 aromatic heterocycles. The van der Waals surface area contributed by atoms with Crippen molar-refractivity contribution >= 4 is 34.4 Å². The van der Waals surface area contributed by atoms with Gasteiger partial charge in [-0.05, 0) is 23.6 Å². The first kappa shape index (κ1) is 32.9. The van der Waals surface area contributed by atoms with Crippen molar-refractivity contribution in [3.63, 3.8) is 0 Å². The van der Waals surface area contributed by atoms with Crippen LogP contribution in [-0.4, -0.2) is 38.6 Å². The highest BCUT2D eigenvalue weighted by atomic mass is 16.2. The summed E-state index contributed by atoms with van der Waals surface area (Å²) >= 11 is 0. The number of carbonyl (C=O) groups is 4. The smallest absolute Gasteiger partial charge is 0.227 e. The van der Waals surface area contributed by atoms with E-state index < -0.39 is 0 Å². The van der Waals surface area contributed by atoms with Crippen LogP contribution in [0, 0.1) is 0 Å². The minimum atomic E-state index is -0.148. The molecule has 2 fully saturated rings. The predicted molar refractivity (Wildman–Crippen MR) is 162 cm³/mol. The average molecular weight is 566 g/mol. The van der Waals surface area contributed by atoms with Crippen LogP contribution in [0.4, 0.5) is 0 Å². The lowest BCUT2D eigenvalue weighted by atomic mass is 10.1. The Morgan fingerprint density at radius 2 is 0.786 bits per heavy atom. The molecule has 3 aliphatic rings. The van der Waals surface area contributed by atoms with Gasteiger partial charge in [0, 0.05) is 25.7 Å². The second kappa shape index (κ2) is 21.5. The van der Waals surface area contributed by atoms with E-state index in [1.165, 1.54) is 29.8 Å². The van der Waals surface area contributed by atoms with E-state index in [1.807, 2.05) is 36.4 Å². The van der Waals surface area contributed by atoms with E-state index in [0.717, 1.165) is 6.42 Å². The first-order valence-electron chi connectivity index (χ1n) is 13.5. The fraction of sp³-hybridized carbons (Fsp3) is 0.182. The first-order valence-corrected chi connectivity index (χ1v) is 13.5. The molecule has 2 aliphatic heterocycles. The van der Waals surface area contributed by atoms with Gasteiger partial charge in [-0.1, -0.05) is 109 Å². The number of hydrogen-bond acceptors (Lipinski definition) is 7. The molecule has 0 unspecified atom stereocenters. The number of imide groups is 2. The topological polar surface area (TPSA) is 131 Å². The van der Waals surface area contributed by atoms with Crippen LogP contribution in [-0.2, 0) is 19.2 Å². The van der Waals surface area contributed by atoms with Gasteiger partial charge in [-0.15, -0.1) is 0 Å². The van der Waals surface area contributed by atoms with Crippen molar-refractivity contribution in [1.82, 2.24) is 25.6 Å². The third kappa shape index (κ3) is 16.6. The number of benzene rings is 3. The minimum Gasteiger partial charge on any atom is -0.296 e. The summed E-state index contributed by atoms with van der Waals surface area (Å²) in [4.78, 5) is 51.6. The van der Waals surface area contributed by atoms with Crippen molar-refractivity contribution in [2.75, 3.05) is 0 Å². The fourth-order valence-corrected chi connectivity index (χ4v) is 3.31. The summed E-state index contributed by atoms with van der Waals surface area (Å²) in [7, 11) is 0. The van der Waals surface area contributed by atoms with Crippen molar-refractivity contribution in [3.05, 3.63) is 128 Å². The van der Waals surface area contributed by atoms with Gasteiger partial charge in [0.25, 0.3) is 0 Å². The van der Waals surface area contributed by atoms with Crippen LogP contribution in [0.3, 0.4) is 0 Å². The Morgan fingerprint density at radius 3 is 1.00 bits per heavy atom. The molecule has 9 nitrogen and oxygen atoms in total. The summed E-state index contributed by atoms with van der Waals surface area (Å²) < 4.78 is 0. The van der Waals surface area contributed by atoms with Gasteiger partial charge in [-0.2, -0.15) is 0 Å². The molecule has 0 saturated carbocycles. The molecule has 4 amide bonds. The Bertz CT molecular complexity index is 1220. The Labute approximate surface area is 245 Å². The largest absolute Gasteiger partial charge is 0.296 e. The maximum absolute atomic E-state index is 10.3. The second-order valence-corrected chi connectivity index (χ2v) is 8.68. The van der Waals surface area contributed by atoms with Crippen molar-refractivity contribution in [1.29, 1.82) is 0 Å². The predicted octanol–water partition coefficient (Wildman–Crippen LogP) is 5.14. The molecule has 3 aromatic carbocycles. The van der Waals surface area contributed by atoms with Gasteiger partial charge in [0.15, 0.2) is 0 Å². The van der Waals surface area contributed by atoms with E-state index in [-0.39, 0.29) is 23.6 Å². The van der Waals surface area contributed by atoms with E-state index >= 15 is 0 Å². The number of nitrogens with one attached hydrogen (secondary N) is 2. The van der Waals surface area contributed by atoms with Gasteiger partial charge in [-0.25, -0.2) is 15.0 Å². The quantitative estimate of drug-likeness (QED) is 0.282. The molecule has 7 rings (SSSR count). The van der Waals surface area contributed by atoms with Crippen LogP contribution >= 0.6 is 0 Å². The average Bonchev–Trinajstić information content (AvgIpc) is 3.75. The third-order valence-electron chi connectivity index (χ3n) is 5.33. The molecule has 0 spiro atoms. The van der Waals surface area contributed by atoms with Crippen LogP contribution < -0.4 is 10.6 Å². The molecule has 0 bridgehead atoms. The first-order chi connectivity index (χ1) is 20.5. The molecular weight excluding hydrogens is 530 g/mol. The third-order valence-corrected chi connectivity index (χ3v) is 5.33. The standard InChI is InChI=1S/C10H8.C6H6.C5H7NO2.C5H6.C4H5NO2.C3H3N3/c1-2-6-10-8-4-3-7-9(10)5-1;1-2-4-6-5-3-1;7-4-2-1-3-5(8)6-4;1-2-4-5-3-1;6-3-1-2-4(7)5-3;1-4-2-6-3-5-1/h1-8H;1-6H;1-3H2,(H,6,7,8);1-4H,5H2;1-2H2,(H,5,6,7);1-3H. The molecule has 2 N–H and O–H groups in total. The Kier molecular flexibility index (Phi) is 16.8. The van der Waals surface area contributed by atoms with Gasteiger partial charge in [-0.3, -0.25) is 29.8 Å². The van der Waals surface area contributed by atoms with Gasteiger partial charge < -0.3 is 0 Å². The normalized spacial score (nSPS) is 14.0. The molecule has 216 valence electrons. The van der Waals surface area contributed by atoms with Crippen LogP contribution in [0.25, 0.3) is 10.8 Å². The van der Waals surface area contributed by atoms with E-state index in [4.69, 9.17) is 0 Å². The van der Waals surface area contributed by atoms with Crippen LogP contribution in [0.1, 0.15) is 38.5 Å². The Hall–Kier alpha value is -5.31. The molecule has 9 heteroatoms. The molecule has 4 aromatic rings. The van der Waals surface area contributed by atoms with E-state index in [0.29, 0.717) is 32.1 Å². The summed E-state index contributed by atoms with van der Waals surface area (Å²) in [5, 5.41) is 6.96. The van der Waals surface area contributed by atoms with Crippen molar-refractivity contribution in [2.24, 2.45) is 0 Å². The van der Waals surface area contributed by atoms with Crippen molar-refractivity contribution < 1.29 is 19.2 Å². The lowest BCUT2D eigenvalue weighted by Gasteiger charge is -2.07. The number of carbonyl (C=O) groups excluding carboxylic acids is 4. The van der Waals surface area contributed by atoms with Crippen LogP contribution in [0.15, 0.2) is 128 Å². The molecule has 42 heavy (non-hydrogen) atoms. The van der Waals surface area contributed by atoms with Crippen LogP contribution in [0.2, 0.25) is 0 Å². The highest BCUT2D eigenvalue weighted by Crippen LogP contribution is 2.11. The summed E-state index contributed by atoms with van der Waals surface area (Å²) in [6.45, 7) is 0. The SMILES string of the molecule is C1=CCC=C1.O=C1CCC(=O)N1.O=C1CCCC(=O)N1.c1ccc2ccccc2c1.c1ccccc1.c1ncncn1. The number of piperidine rings is 1. The minimum absolute atomic E-state index is 0.138. The number of allylic oxidation sites excluding steroid dienone is 4. The lowest BCUT2D eigenvalue weighted by molar-refractivity contribution is -0.133. The fourth-order valence-electron chi connectivity index (χ4n) is 3.31. The number of amides is 4. The molecule has 3 heterocycles. The summed E-state index contributed by atoms with van der Waals surface area (Å²) in [6, 6.07) is 28.7. The summed E-state index contributed by atoms with van der Waals surface area (Å²) in [5.74, 6) is -0.572. The molecule has 0 radical (unpaired) electrons. The molecular formula is C33H35N5O4. The Morgan fingerprint density at radius 1 is 0.452 bits per heavy atom. The highest BCUT2D eigenvalue weighted by molar-refractivity contribution is 6.01. The van der Waals surface area contributed by atoms with Gasteiger partial charge >= 0.3 is 0 Å². The van der Waals surface area contributed by atoms with E-state index in [9.17, 15) is 19.2 Å². The summed E-state index contributed by atoms with van der Waals surface area (Å²) in [6.07, 6.45) is 16.3.